The summed E-state index contributed by atoms with van der Waals surface area (Å²) in [5, 5.41) is 11.7. The van der Waals surface area contributed by atoms with Crippen molar-refractivity contribution in [3.63, 3.8) is 0 Å². The Hall–Kier alpha value is -1.79. The lowest BCUT2D eigenvalue weighted by Gasteiger charge is -2.19. The van der Waals surface area contributed by atoms with Crippen molar-refractivity contribution < 1.29 is 14.7 Å². The molecule has 20 heavy (non-hydrogen) atoms. The van der Waals surface area contributed by atoms with Gasteiger partial charge in [0.05, 0.1) is 6.61 Å². The molecule has 6 nitrogen and oxygen atoms in total. The van der Waals surface area contributed by atoms with Crippen LogP contribution in [0.2, 0.25) is 0 Å². The van der Waals surface area contributed by atoms with Gasteiger partial charge < -0.3 is 25.3 Å². The van der Waals surface area contributed by atoms with Crippen molar-refractivity contribution in [2.75, 3.05) is 45.4 Å². The number of anilines is 1. The van der Waals surface area contributed by atoms with Crippen LogP contribution in [0.15, 0.2) is 29.4 Å². The molecule has 0 radical (unpaired) electrons. The summed E-state index contributed by atoms with van der Waals surface area (Å²) in [5.41, 5.74) is 7.26. The van der Waals surface area contributed by atoms with Gasteiger partial charge in [-0.3, -0.25) is 0 Å². The van der Waals surface area contributed by atoms with Crippen LogP contribution < -0.4 is 10.6 Å². The van der Waals surface area contributed by atoms with Crippen LogP contribution in [-0.4, -0.2) is 51.6 Å². The van der Waals surface area contributed by atoms with Crippen LogP contribution in [0, 0.1) is 0 Å². The topological polar surface area (TPSA) is 80.3 Å². The molecule has 3 N–H and O–H groups in total. The highest BCUT2D eigenvalue weighted by atomic mass is 16.5. The first-order valence-corrected chi connectivity index (χ1v) is 6.54. The lowest BCUT2D eigenvalue weighted by Crippen LogP contribution is -2.23. The van der Waals surface area contributed by atoms with E-state index in [1.54, 1.807) is 13.2 Å². The fourth-order valence-corrected chi connectivity index (χ4v) is 1.70. The normalized spacial score (nSPS) is 11.6. The molecule has 0 fully saturated rings. The predicted molar refractivity (Wildman–Crippen MR) is 79.5 cm³/mol. The van der Waals surface area contributed by atoms with Gasteiger partial charge in [0.2, 0.25) is 0 Å². The van der Waals surface area contributed by atoms with Crippen LogP contribution in [-0.2, 0) is 9.47 Å². The summed E-state index contributed by atoms with van der Waals surface area (Å²) >= 11 is 0. The molecule has 0 spiro atoms. The fraction of sp³-hybridized carbons (Fsp3) is 0.500. The number of oxime groups is 1. The molecular weight excluding hydrogens is 258 g/mol. The second-order valence-electron chi connectivity index (χ2n) is 4.42. The number of nitrogens with zero attached hydrogens (tertiary/aromatic N) is 2. The largest absolute Gasteiger partial charge is 0.409 e. The van der Waals surface area contributed by atoms with E-state index in [9.17, 15) is 0 Å². The van der Waals surface area contributed by atoms with E-state index in [2.05, 4.69) is 10.1 Å². The summed E-state index contributed by atoms with van der Waals surface area (Å²) in [6.45, 7) is 2.84. The highest BCUT2D eigenvalue weighted by Crippen LogP contribution is 2.14. The molecule has 6 heteroatoms. The van der Waals surface area contributed by atoms with Crippen molar-refractivity contribution in [1.29, 1.82) is 0 Å². The molecule has 0 atom stereocenters. The van der Waals surface area contributed by atoms with Crippen LogP contribution in [0.1, 0.15) is 12.0 Å². The van der Waals surface area contributed by atoms with E-state index in [-0.39, 0.29) is 5.84 Å². The highest BCUT2D eigenvalue weighted by Gasteiger charge is 2.04. The maximum absolute atomic E-state index is 8.68. The Morgan fingerprint density at radius 2 is 2.15 bits per heavy atom. The maximum atomic E-state index is 8.68. The average molecular weight is 281 g/mol. The zero-order valence-corrected chi connectivity index (χ0v) is 12.1. The summed E-state index contributed by atoms with van der Waals surface area (Å²) < 4.78 is 10.5. The molecule has 0 aromatic heterocycles. The Kier molecular flexibility index (Phi) is 7.46. The molecule has 1 rings (SSSR count). The molecule has 1 aromatic rings. The summed E-state index contributed by atoms with van der Waals surface area (Å²) in [6.07, 6.45) is 0.902. The van der Waals surface area contributed by atoms with E-state index in [0.29, 0.717) is 18.8 Å². The van der Waals surface area contributed by atoms with Gasteiger partial charge in [0.15, 0.2) is 5.84 Å². The third kappa shape index (κ3) is 5.46. The van der Waals surface area contributed by atoms with Crippen molar-refractivity contribution in [2.24, 2.45) is 10.9 Å². The first kappa shape index (κ1) is 16.3. The number of rotatable bonds is 9. The van der Waals surface area contributed by atoms with Crippen molar-refractivity contribution in [3.05, 3.63) is 29.8 Å². The van der Waals surface area contributed by atoms with E-state index in [4.69, 9.17) is 20.4 Å². The summed E-state index contributed by atoms with van der Waals surface area (Å²) in [7, 11) is 3.66. The minimum absolute atomic E-state index is 0.107. The molecule has 0 amide bonds. The molecule has 0 aliphatic carbocycles. The van der Waals surface area contributed by atoms with Crippen LogP contribution in [0.4, 0.5) is 5.69 Å². The number of methoxy groups -OCH3 is 1. The Labute approximate surface area is 119 Å². The van der Waals surface area contributed by atoms with E-state index >= 15 is 0 Å². The predicted octanol–water partition coefficient (Wildman–Crippen LogP) is 1.27. The van der Waals surface area contributed by atoms with Gasteiger partial charge in [-0.25, -0.2) is 0 Å². The van der Waals surface area contributed by atoms with Gasteiger partial charge in [-0.05, 0) is 18.6 Å². The number of nitrogens with two attached hydrogens (primary N) is 1. The van der Waals surface area contributed by atoms with E-state index in [1.807, 2.05) is 25.2 Å². The van der Waals surface area contributed by atoms with Crippen LogP contribution in [0.25, 0.3) is 0 Å². The van der Waals surface area contributed by atoms with Gasteiger partial charge in [0.1, 0.15) is 0 Å². The average Bonchev–Trinajstić information content (AvgIpc) is 2.49. The molecule has 0 heterocycles. The van der Waals surface area contributed by atoms with Gasteiger partial charge in [-0.1, -0.05) is 17.3 Å². The number of hydrogen-bond acceptors (Lipinski definition) is 5. The molecule has 0 saturated heterocycles. The third-order valence-corrected chi connectivity index (χ3v) is 2.90. The number of benzene rings is 1. The second-order valence-corrected chi connectivity index (χ2v) is 4.42. The highest BCUT2D eigenvalue weighted by molar-refractivity contribution is 5.97. The standard InChI is InChI=1S/C14H23N3O3/c1-17(7-10-20-9-4-8-19-2)13-6-3-5-12(11-13)14(15)16-18/h3,5-6,11,18H,4,7-10H2,1-2H3,(H2,15,16). The number of likely N-dealkylation sites (N-methyl/N-ethyl adjacent to an activating group) is 1. The van der Waals surface area contributed by atoms with Gasteiger partial charge in [-0.2, -0.15) is 0 Å². The smallest absolute Gasteiger partial charge is 0.170 e. The molecule has 1 aromatic carbocycles. The van der Waals surface area contributed by atoms with Crippen LogP contribution in [0.3, 0.4) is 0 Å². The summed E-state index contributed by atoms with van der Waals surface area (Å²) in [6, 6.07) is 7.52. The van der Waals surface area contributed by atoms with Gasteiger partial charge >= 0.3 is 0 Å². The monoisotopic (exact) mass is 281 g/mol. The van der Waals surface area contributed by atoms with Gasteiger partial charge in [0, 0.05) is 45.2 Å². The Bertz CT molecular complexity index is 424. The van der Waals surface area contributed by atoms with E-state index in [1.165, 1.54) is 0 Å². The second kappa shape index (κ2) is 9.17. The minimum Gasteiger partial charge on any atom is -0.409 e. The first-order chi connectivity index (χ1) is 9.69. The molecule has 0 unspecified atom stereocenters. The minimum atomic E-state index is 0.107. The van der Waals surface area contributed by atoms with Gasteiger partial charge in [0.25, 0.3) is 0 Å². The summed E-state index contributed by atoms with van der Waals surface area (Å²) in [5.74, 6) is 0.107. The first-order valence-electron chi connectivity index (χ1n) is 6.54. The van der Waals surface area contributed by atoms with Crippen molar-refractivity contribution >= 4 is 11.5 Å². The molecule has 112 valence electrons. The lowest BCUT2D eigenvalue weighted by atomic mass is 10.2. The maximum Gasteiger partial charge on any atom is 0.170 e. The summed E-state index contributed by atoms with van der Waals surface area (Å²) in [4.78, 5) is 2.06. The number of amidine groups is 1. The number of ether oxygens (including phenoxy) is 2. The van der Waals surface area contributed by atoms with Crippen molar-refractivity contribution in [1.82, 2.24) is 0 Å². The van der Waals surface area contributed by atoms with Crippen molar-refractivity contribution in [2.45, 2.75) is 6.42 Å². The SMILES string of the molecule is COCCCOCCN(C)c1cccc(/C(N)=N/O)c1. The lowest BCUT2D eigenvalue weighted by molar-refractivity contribution is 0.107. The molecule has 0 bridgehead atoms. The molecule has 0 aliphatic heterocycles. The quantitative estimate of drug-likeness (QED) is 0.234. The molecule has 0 aliphatic rings. The van der Waals surface area contributed by atoms with E-state index in [0.717, 1.165) is 25.3 Å². The molecule has 0 saturated carbocycles. The van der Waals surface area contributed by atoms with E-state index < -0.39 is 0 Å². The molecular formula is C14H23N3O3. The number of hydrogen-bond donors (Lipinski definition) is 2. The van der Waals surface area contributed by atoms with Crippen LogP contribution >= 0.6 is 0 Å². The van der Waals surface area contributed by atoms with Crippen LogP contribution in [0.5, 0.6) is 0 Å². The van der Waals surface area contributed by atoms with Gasteiger partial charge in [-0.15, -0.1) is 0 Å². The third-order valence-electron chi connectivity index (χ3n) is 2.90. The zero-order valence-electron chi connectivity index (χ0n) is 12.1. The van der Waals surface area contributed by atoms with Crippen molar-refractivity contribution in [3.8, 4) is 0 Å². The zero-order chi connectivity index (χ0) is 14.8. The Morgan fingerprint density at radius 1 is 1.35 bits per heavy atom. The fourth-order valence-electron chi connectivity index (χ4n) is 1.70. The Balaban J connectivity index is 2.41. The Morgan fingerprint density at radius 3 is 2.85 bits per heavy atom.